The summed E-state index contributed by atoms with van der Waals surface area (Å²) in [5, 5.41) is 9.48. The lowest BCUT2D eigenvalue weighted by atomic mass is 10.2. The molecule has 0 radical (unpaired) electrons. The second-order valence-corrected chi connectivity index (χ2v) is 6.28. The van der Waals surface area contributed by atoms with Gasteiger partial charge in [0.25, 0.3) is 0 Å². The smallest absolute Gasteiger partial charge is 0.141 e. The molecule has 0 saturated carbocycles. The van der Waals surface area contributed by atoms with Gasteiger partial charge in [0.15, 0.2) is 0 Å². The fraction of sp³-hybridized carbons (Fsp3) is 0.231. The van der Waals surface area contributed by atoms with Gasteiger partial charge in [0.2, 0.25) is 0 Å². The number of amidine groups is 1. The summed E-state index contributed by atoms with van der Waals surface area (Å²) >= 11 is 5.20. The predicted molar refractivity (Wildman–Crippen MR) is 82.4 cm³/mol. The van der Waals surface area contributed by atoms with Crippen LogP contribution in [0.5, 0.6) is 0 Å². The maximum Gasteiger partial charge on any atom is 0.141 e. The molecule has 0 saturated heterocycles. The first-order valence-corrected chi connectivity index (χ1v) is 7.42. The van der Waals surface area contributed by atoms with Crippen molar-refractivity contribution in [2.45, 2.75) is 13.1 Å². The average Bonchev–Trinajstić information content (AvgIpc) is 2.74. The topological polar surface area (TPSA) is 66.0 Å². The normalized spacial score (nSPS) is 10.9. The van der Waals surface area contributed by atoms with E-state index in [1.165, 1.54) is 4.88 Å². The molecular formula is C13H15BrN4S. The summed E-state index contributed by atoms with van der Waals surface area (Å²) in [4.78, 5) is 7.60. The summed E-state index contributed by atoms with van der Waals surface area (Å²) in [6, 6.07) is 5.95. The Morgan fingerprint density at radius 1 is 1.47 bits per heavy atom. The number of aromatic nitrogens is 1. The third-order valence-corrected chi connectivity index (χ3v) is 4.28. The molecular weight excluding hydrogens is 324 g/mol. The number of hydrogen-bond donors (Lipinski definition) is 2. The molecule has 0 aliphatic carbocycles. The molecule has 2 aromatic heterocycles. The zero-order valence-corrected chi connectivity index (χ0v) is 13.0. The number of halogens is 1. The zero-order chi connectivity index (χ0) is 13.8. The molecule has 0 amide bonds. The molecule has 0 fully saturated rings. The number of hydrogen-bond acceptors (Lipinski definition) is 4. The van der Waals surface area contributed by atoms with Gasteiger partial charge >= 0.3 is 0 Å². The van der Waals surface area contributed by atoms with Crippen LogP contribution in [0.15, 0.2) is 34.2 Å². The highest BCUT2D eigenvalue weighted by Crippen LogP contribution is 2.21. The van der Waals surface area contributed by atoms with Crippen LogP contribution in [0.1, 0.15) is 16.1 Å². The van der Waals surface area contributed by atoms with Gasteiger partial charge in [-0.05, 0) is 46.7 Å². The van der Waals surface area contributed by atoms with E-state index < -0.39 is 0 Å². The molecule has 0 bridgehead atoms. The average molecular weight is 339 g/mol. The number of nitrogens with two attached hydrogens (primary N) is 1. The van der Waals surface area contributed by atoms with Crippen molar-refractivity contribution in [2.75, 3.05) is 7.05 Å². The summed E-state index contributed by atoms with van der Waals surface area (Å²) in [6.07, 6.45) is 1.70. The summed E-state index contributed by atoms with van der Waals surface area (Å²) in [5.74, 6) is 0.00619. The Labute approximate surface area is 124 Å². The predicted octanol–water partition coefficient (Wildman–Crippen LogP) is 2.82. The minimum atomic E-state index is 0.00619. The van der Waals surface area contributed by atoms with Crippen molar-refractivity contribution in [3.8, 4) is 0 Å². The molecule has 4 nitrogen and oxygen atoms in total. The summed E-state index contributed by atoms with van der Waals surface area (Å²) in [7, 11) is 2.07. The zero-order valence-electron chi connectivity index (χ0n) is 10.6. The van der Waals surface area contributed by atoms with Crippen molar-refractivity contribution < 1.29 is 0 Å². The van der Waals surface area contributed by atoms with E-state index in [1.54, 1.807) is 17.5 Å². The number of nitrogen functional groups attached to an aromatic ring is 1. The van der Waals surface area contributed by atoms with E-state index in [2.05, 4.69) is 44.3 Å². The lowest BCUT2D eigenvalue weighted by molar-refractivity contribution is 0.322. The third-order valence-electron chi connectivity index (χ3n) is 2.60. The molecule has 2 rings (SSSR count). The number of pyridine rings is 1. The standard InChI is InChI=1S/C13H15BrN4S/c1-18(7-11-5-10(14)8-19-11)6-9-2-3-17-12(4-9)13(15)16/h2-5,8H,6-7H2,1H3,(H3,15,16). The Morgan fingerprint density at radius 2 is 2.26 bits per heavy atom. The van der Waals surface area contributed by atoms with Gasteiger partial charge in [0.05, 0.1) is 0 Å². The highest BCUT2D eigenvalue weighted by Gasteiger charge is 2.06. The van der Waals surface area contributed by atoms with Gasteiger partial charge in [-0.3, -0.25) is 15.3 Å². The number of nitrogens with one attached hydrogen (secondary N) is 1. The van der Waals surface area contributed by atoms with Gasteiger partial charge in [-0.2, -0.15) is 0 Å². The van der Waals surface area contributed by atoms with Crippen LogP contribution in [-0.4, -0.2) is 22.8 Å². The van der Waals surface area contributed by atoms with Gasteiger partial charge in [0.1, 0.15) is 11.5 Å². The SMILES string of the molecule is CN(Cc1ccnc(C(=N)N)c1)Cc1cc(Br)cs1. The molecule has 6 heteroatoms. The molecule has 0 spiro atoms. The fourth-order valence-electron chi connectivity index (χ4n) is 1.79. The lowest BCUT2D eigenvalue weighted by Gasteiger charge is -2.15. The second-order valence-electron chi connectivity index (χ2n) is 4.37. The highest BCUT2D eigenvalue weighted by molar-refractivity contribution is 9.10. The van der Waals surface area contributed by atoms with E-state index in [9.17, 15) is 0 Å². The first kappa shape index (κ1) is 14.2. The molecule has 19 heavy (non-hydrogen) atoms. The maximum atomic E-state index is 7.39. The van der Waals surface area contributed by atoms with E-state index in [4.69, 9.17) is 11.1 Å². The summed E-state index contributed by atoms with van der Waals surface area (Å²) < 4.78 is 1.13. The molecule has 0 atom stereocenters. The first-order valence-electron chi connectivity index (χ1n) is 5.75. The Balaban J connectivity index is 2.00. The Morgan fingerprint density at radius 3 is 2.89 bits per heavy atom. The van der Waals surface area contributed by atoms with Crippen LogP contribution in [-0.2, 0) is 13.1 Å². The van der Waals surface area contributed by atoms with E-state index in [1.807, 2.05) is 12.1 Å². The van der Waals surface area contributed by atoms with Gasteiger partial charge in [-0.25, -0.2) is 0 Å². The van der Waals surface area contributed by atoms with Crippen LogP contribution in [0.2, 0.25) is 0 Å². The van der Waals surface area contributed by atoms with E-state index in [0.29, 0.717) is 5.69 Å². The third kappa shape index (κ3) is 4.12. The van der Waals surface area contributed by atoms with Gasteiger partial charge in [-0.1, -0.05) is 0 Å². The van der Waals surface area contributed by atoms with Gasteiger partial charge < -0.3 is 5.73 Å². The number of thiophene rings is 1. The monoisotopic (exact) mass is 338 g/mol. The largest absolute Gasteiger partial charge is 0.382 e. The molecule has 0 aliphatic rings. The van der Waals surface area contributed by atoms with Crippen LogP contribution < -0.4 is 5.73 Å². The quantitative estimate of drug-likeness (QED) is 0.650. The summed E-state index contributed by atoms with van der Waals surface area (Å²) in [6.45, 7) is 1.70. The highest BCUT2D eigenvalue weighted by atomic mass is 79.9. The molecule has 2 aromatic rings. The van der Waals surface area contributed by atoms with Crippen LogP contribution in [0.4, 0.5) is 0 Å². The van der Waals surface area contributed by atoms with Crippen molar-refractivity contribution in [3.05, 3.63) is 50.4 Å². The Hall–Kier alpha value is -1.24. The minimum absolute atomic E-state index is 0.00619. The van der Waals surface area contributed by atoms with Gasteiger partial charge in [-0.15, -0.1) is 11.3 Å². The fourth-order valence-corrected chi connectivity index (χ4v) is 3.32. The Bertz CT molecular complexity index is 582. The minimum Gasteiger partial charge on any atom is -0.382 e. The van der Waals surface area contributed by atoms with Crippen LogP contribution >= 0.6 is 27.3 Å². The van der Waals surface area contributed by atoms with Crippen molar-refractivity contribution in [2.24, 2.45) is 5.73 Å². The lowest BCUT2D eigenvalue weighted by Crippen LogP contribution is -2.18. The number of rotatable bonds is 5. The number of nitrogens with zero attached hydrogens (tertiary/aromatic N) is 2. The molecule has 0 aromatic carbocycles. The van der Waals surface area contributed by atoms with E-state index in [0.717, 1.165) is 23.1 Å². The summed E-state index contributed by atoms with van der Waals surface area (Å²) in [5.41, 5.74) is 7.09. The van der Waals surface area contributed by atoms with E-state index in [-0.39, 0.29) is 5.84 Å². The Kier molecular flexibility index (Phi) is 4.68. The van der Waals surface area contributed by atoms with E-state index >= 15 is 0 Å². The van der Waals surface area contributed by atoms with Crippen LogP contribution in [0, 0.1) is 5.41 Å². The van der Waals surface area contributed by atoms with Crippen LogP contribution in [0.25, 0.3) is 0 Å². The molecule has 100 valence electrons. The molecule has 3 N–H and O–H groups in total. The van der Waals surface area contributed by atoms with Gasteiger partial charge in [0, 0.05) is 34.0 Å². The molecule has 2 heterocycles. The van der Waals surface area contributed by atoms with Crippen LogP contribution in [0.3, 0.4) is 0 Å². The maximum absolute atomic E-state index is 7.39. The van der Waals surface area contributed by atoms with Crippen molar-refractivity contribution >= 4 is 33.1 Å². The molecule has 0 unspecified atom stereocenters. The van der Waals surface area contributed by atoms with Crippen molar-refractivity contribution in [1.82, 2.24) is 9.88 Å². The first-order chi connectivity index (χ1) is 9.04. The van der Waals surface area contributed by atoms with Crippen molar-refractivity contribution in [1.29, 1.82) is 5.41 Å². The molecule has 0 aliphatic heterocycles. The second kappa shape index (κ2) is 6.27. The van der Waals surface area contributed by atoms with Crippen molar-refractivity contribution in [3.63, 3.8) is 0 Å².